The molecule has 0 spiro atoms. The molecule has 0 N–H and O–H groups in total. The lowest BCUT2D eigenvalue weighted by atomic mass is 9.77. The summed E-state index contributed by atoms with van der Waals surface area (Å²) < 4.78 is 1.09. The Balaban J connectivity index is 2.64. The van der Waals surface area contributed by atoms with Gasteiger partial charge in [-0.05, 0) is 11.3 Å². The van der Waals surface area contributed by atoms with Crippen molar-refractivity contribution < 1.29 is 4.48 Å². The van der Waals surface area contributed by atoms with E-state index in [9.17, 15) is 0 Å². The van der Waals surface area contributed by atoms with Crippen LogP contribution in [0.4, 0.5) is 0 Å². The molecule has 0 aliphatic heterocycles. The van der Waals surface area contributed by atoms with Crippen LogP contribution >= 0.6 is 0 Å². The molecule has 2 atom stereocenters. The van der Waals surface area contributed by atoms with Crippen molar-refractivity contribution in [2.24, 2.45) is 11.3 Å². The molecular formula is C14H28N+. The Hall–Kier alpha value is -0.300. The summed E-state index contributed by atoms with van der Waals surface area (Å²) in [5.74, 6) is 0.717. The topological polar surface area (TPSA) is 0 Å². The predicted octanol–water partition coefficient (Wildman–Crippen LogP) is 3.46. The van der Waals surface area contributed by atoms with Crippen LogP contribution in [0.1, 0.15) is 40.5 Å². The molecule has 88 valence electrons. The molecule has 0 aromatic rings. The second kappa shape index (κ2) is 3.93. The second-order valence-corrected chi connectivity index (χ2v) is 7.08. The van der Waals surface area contributed by atoms with Gasteiger partial charge in [-0.1, -0.05) is 39.3 Å². The molecule has 0 bridgehead atoms. The summed E-state index contributed by atoms with van der Waals surface area (Å²) >= 11 is 0. The Morgan fingerprint density at radius 2 is 1.80 bits per heavy atom. The standard InChI is InChI=1S/C14H28N/c1-11(14(2,3)4)12-8-9-13(10-12)15(5,6)7/h8,11,13H,9-10H2,1-7H3/q+1. The Labute approximate surface area is 95.8 Å². The van der Waals surface area contributed by atoms with E-state index in [1.54, 1.807) is 5.57 Å². The summed E-state index contributed by atoms with van der Waals surface area (Å²) in [5, 5.41) is 0. The Kier molecular flexibility index (Phi) is 3.35. The van der Waals surface area contributed by atoms with Crippen molar-refractivity contribution in [1.29, 1.82) is 0 Å². The highest BCUT2D eigenvalue weighted by molar-refractivity contribution is 5.15. The molecule has 1 aliphatic carbocycles. The number of quaternary nitrogens is 1. The van der Waals surface area contributed by atoms with Gasteiger partial charge in [-0.15, -0.1) is 0 Å². The van der Waals surface area contributed by atoms with Crippen molar-refractivity contribution in [1.82, 2.24) is 0 Å². The van der Waals surface area contributed by atoms with Crippen LogP contribution in [0.25, 0.3) is 0 Å². The quantitative estimate of drug-likeness (QED) is 0.483. The van der Waals surface area contributed by atoms with Crippen LogP contribution < -0.4 is 0 Å². The van der Waals surface area contributed by atoms with Crippen LogP contribution in [0.15, 0.2) is 11.6 Å². The molecule has 1 rings (SSSR count). The maximum atomic E-state index is 2.49. The highest BCUT2D eigenvalue weighted by Gasteiger charge is 2.33. The zero-order chi connectivity index (χ0) is 11.9. The fourth-order valence-corrected chi connectivity index (χ4v) is 2.23. The Morgan fingerprint density at radius 1 is 1.27 bits per heavy atom. The van der Waals surface area contributed by atoms with Gasteiger partial charge >= 0.3 is 0 Å². The third kappa shape index (κ3) is 3.07. The van der Waals surface area contributed by atoms with Crippen LogP contribution in [-0.2, 0) is 0 Å². The Bertz CT molecular complexity index is 249. The normalized spacial score (nSPS) is 25.3. The van der Waals surface area contributed by atoms with Crippen molar-refractivity contribution in [3.05, 3.63) is 11.6 Å². The molecule has 0 amide bonds. The van der Waals surface area contributed by atoms with Gasteiger partial charge in [0.2, 0.25) is 0 Å². The van der Waals surface area contributed by atoms with E-state index in [-0.39, 0.29) is 0 Å². The van der Waals surface area contributed by atoms with E-state index in [0.29, 0.717) is 11.3 Å². The molecule has 0 saturated heterocycles. The van der Waals surface area contributed by atoms with Crippen molar-refractivity contribution in [3.63, 3.8) is 0 Å². The SMILES string of the molecule is CC(C1=CCC([N+](C)(C)C)C1)C(C)(C)C. The first-order valence-electron chi connectivity index (χ1n) is 6.12. The zero-order valence-corrected chi connectivity index (χ0v) is 11.6. The summed E-state index contributed by atoms with van der Waals surface area (Å²) in [4.78, 5) is 0. The third-order valence-electron chi connectivity index (χ3n) is 4.07. The Morgan fingerprint density at radius 3 is 2.13 bits per heavy atom. The molecule has 0 aromatic heterocycles. The van der Waals surface area contributed by atoms with Crippen molar-refractivity contribution in [2.45, 2.75) is 46.6 Å². The molecule has 1 nitrogen and oxygen atoms in total. The highest BCUT2D eigenvalue weighted by Crippen LogP contribution is 2.38. The van der Waals surface area contributed by atoms with Gasteiger partial charge < -0.3 is 4.48 Å². The van der Waals surface area contributed by atoms with E-state index < -0.39 is 0 Å². The summed E-state index contributed by atoms with van der Waals surface area (Å²) in [5.41, 5.74) is 2.09. The van der Waals surface area contributed by atoms with Gasteiger partial charge in [0.15, 0.2) is 0 Å². The number of hydrogen-bond acceptors (Lipinski definition) is 0. The van der Waals surface area contributed by atoms with E-state index in [1.165, 1.54) is 12.8 Å². The van der Waals surface area contributed by atoms with Crippen molar-refractivity contribution in [3.8, 4) is 0 Å². The van der Waals surface area contributed by atoms with Crippen molar-refractivity contribution in [2.75, 3.05) is 21.1 Å². The van der Waals surface area contributed by atoms with Gasteiger partial charge in [0, 0.05) is 12.8 Å². The van der Waals surface area contributed by atoms with Gasteiger partial charge in [0.1, 0.15) is 0 Å². The summed E-state index contributed by atoms with van der Waals surface area (Å²) in [6, 6.07) is 0.796. The minimum atomic E-state index is 0.408. The van der Waals surface area contributed by atoms with E-state index in [4.69, 9.17) is 0 Å². The molecular weight excluding hydrogens is 182 g/mol. The molecule has 0 fully saturated rings. The van der Waals surface area contributed by atoms with Gasteiger partial charge in [-0.2, -0.15) is 0 Å². The van der Waals surface area contributed by atoms with Crippen LogP contribution in [0.3, 0.4) is 0 Å². The lowest BCUT2D eigenvalue weighted by molar-refractivity contribution is -0.894. The first-order valence-corrected chi connectivity index (χ1v) is 6.12. The van der Waals surface area contributed by atoms with E-state index >= 15 is 0 Å². The summed E-state index contributed by atoms with van der Waals surface area (Å²) in [7, 11) is 6.93. The fraction of sp³-hybridized carbons (Fsp3) is 0.857. The maximum Gasteiger partial charge on any atom is 0.0956 e. The zero-order valence-electron chi connectivity index (χ0n) is 11.6. The van der Waals surface area contributed by atoms with Crippen LogP contribution in [0.5, 0.6) is 0 Å². The lowest BCUT2D eigenvalue weighted by Gasteiger charge is -2.33. The maximum absolute atomic E-state index is 2.49. The monoisotopic (exact) mass is 210 g/mol. The highest BCUT2D eigenvalue weighted by atomic mass is 15.3. The summed E-state index contributed by atoms with van der Waals surface area (Å²) in [6.45, 7) is 9.41. The van der Waals surface area contributed by atoms with E-state index in [1.807, 2.05) is 0 Å². The van der Waals surface area contributed by atoms with E-state index in [2.05, 4.69) is 54.9 Å². The van der Waals surface area contributed by atoms with Gasteiger partial charge in [-0.3, -0.25) is 0 Å². The first-order chi connectivity index (χ1) is 6.62. The average molecular weight is 210 g/mol. The first kappa shape index (κ1) is 12.8. The molecule has 2 unspecified atom stereocenters. The van der Waals surface area contributed by atoms with Gasteiger partial charge in [-0.25, -0.2) is 0 Å². The summed E-state index contributed by atoms with van der Waals surface area (Å²) in [6.07, 6.45) is 5.05. The van der Waals surface area contributed by atoms with Crippen LogP contribution in [0, 0.1) is 11.3 Å². The van der Waals surface area contributed by atoms with Crippen molar-refractivity contribution >= 4 is 0 Å². The minimum Gasteiger partial charge on any atom is -0.328 e. The molecule has 1 aliphatic rings. The largest absolute Gasteiger partial charge is 0.328 e. The minimum absolute atomic E-state index is 0.408. The fourth-order valence-electron chi connectivity index (χ4n) is 2.23. The average Bonchev–Trinajstić information content (AvgIpc) is 2.47. The van der Waals surface area contributed by atoms with Gasteiger partial charge in [0.25, 0.3) is 0 Å². The van der Waals surface area contributed by atoms with E-state index in [0.717, 1.165) is 10.5 Å². The van der Waals surface area contributed by atoms with Gasteiger partial charge in [0.05, 0.1) is 27.2 Å². The number of rotatable bonds is 2. The number of hydrogen-bond donors (Lipinski definition) is 0. The predicted molar refractivity (Wildman–Crippen MR) is 67.8 cm³/mol. The molecule has 0 radical (unpaired) electrons. The van der Waals surface area contributed by atoms with Crippen LogP contribution in [-0.4, -0.2) is 31.7 Å². The molecule has 0 saturated carbocycles. The smallest absolute Gasteiger partial charge is 0.0956 e. The molecule has 0 heterocycles. The van der Waals surface area contributed by atoms with Crippen LogP contribution in [0.2, 0.25) is 0 Å². The number of nitrogens with zero attached hydrogens (tertiary/aromatic N) is 1. The molecule has 0 aromatic carbocycles. The molecule has 15 heavy (non-hydrogen) atoms. The molecule has 1 heteroatoms. The lowest BCUT2D eigenvalue weighted by Crippen LogP contribution is -2.43. The second-order valence-electron chi connectivity index (χ2n) is 7.08. The third-order valence-corrected chi connectivity index (χ3v) is 4.07.